The van der Waals surface area contributed by atoms with Crippen LogP contribution in [0.5, 0.6) is 0 Å². The molecule has 82 valence electrons. The van der Waals surface area contributed by atoms with Crippen molar-refractivity contribution in [2.24, 2.45) is 0 Å². The molecule has 2 atom stereocenters. The van der Waals surface area contributed by atoms with Gasteiger partial charge in [-0.15, -0.1) is 0 Å². The summed E-state index contributed by atoms with van der Waals surface area (Å²) in [5.41, 5.74) is 1.23. The van der Waals surface area contributed by atoms with E-state index in [1.54, 1.807) is 0 Å². The van der Waals surface area contributed by atoms with E-state index in [1.165, 1.54) is 5.56 Å². The highest BCUT2D eigenvalue weighted by Gasteiger charge is 2.31. The first kappa shape index (κ1) is 10.6. The fraction of sp³-hybridized carbons (Fsp3) is 0.500. The first-order valence-electron chi connectivity index (χ1n) is 5.38. The number of hydrogen-bond acceptors (Lipinski definition) is 3. The molecule has 1 saturated heterocycles. The van der Waals surface area contributed by atoms with Crippen LogP contribution in [0.15, 0.2) is 30.3 Å². The largest absolute Gasteiger partial charge is 0.395 e. The van der Waals surface area contributed by atoms with Gasteiger partial charge in [-0.2, -0.15) is 0 Å². The van der Waals surface area contributed by atoms with E-state index in [0.717, 1.165) is 19.5 Å². The average Bonchev–Trinajstić information content (AvgIpc) is 2.61. The van der Waals surface area contributed by atoms with Gasteiger partial charge in [0.1, 0.15) is 0 Å². The monoisotopic (exact) mass is 207 g/mol. The Labute approximate surface area is 90.0 Å². The molecule has 2 N–H and O–H groups in total. The van der Waals surface area contributed by atoms with Crippen molar-refractivity contribution in [2.45, 2.75) is 25.1 Å². The minimum atomic E-state index is -0.376. The molecule has 1 aromatic rings. The zero-order chi connectivity index (χ0) is 10.7. The summed E-state index contributed by atoms with van der Waals surface area (Å²) in [5.74, 6) is 0. The Kier molecular flexibility index (Phi) is 3.36. The molecular weight excluding hydrogens is 190 g/mol. The van der Waals surface area contributed by atoms with Gasteiger partial charge >= 0.3 is 0 Å². The zero-order valence-corrected chi connectivity index (χ0v) is 8.71. The lowest BCUT2D eigenvalue weighted by molar-refractivity contribution is 0.0683. The maximum atomic E-state index is 9.64. The summed E-state index contributed by atoms with van der Waals surface area (Å²) in [6, 6.07) is 10.1. The van der Waals surface area contributed by atoms with Crippen LogP contribution in [0.1, 0.15) is 12.0 Å². The second-order valence-electron chi connectivity index (χ2n) is 4.06. The van der Waals surface area contributed by atoms with Crippen LogP contribution in [0.25, 0.3) is 0 Å². The third-order valence-corrected chi connectivity index (χ3v) is 3.04. The molecule has 0 aromatic heterocycles. The second-order valence-corrected chi connectivity index (χ2v) is 4.06. The van der Waals surface area contributed by atoms with Gasteiger partial charge in [0.2, 0.25) is 0 Å². The van der Waals surface area contributed by atoms with Crippen LogP contribution in [-0.2, 0) is 6.54 Å². The maximum absolute atomic E-state index is 9.64. The molecular formula is C12H17NO2. The second kappa shape index (κ2) is 4.75. The van der Waals surface area contributed by atoms with Gasteiger partial charge in [0.15, 0.2) is 0 Å². The molecule has 3 nitrogen and oxygen atoms in total. The van der Waals surface area contributed by atoms with Gasteiger partial charge in [-0.25, -0.2) is 0 Å². The third-order valence-electron chi connectivity index (χ3n) is 3.04. The topological polar surface area (TPSA) is 43.7 Å². The highest BCUT2D eigenvalue weighted by Crippen LogP contribution is 2.20. The Morgan fingerprint density at radius 2 is 2.00 bits per heavy atom. The van der Waals surface area contributed by atoms with Crippen molar-refractivity contribution >= 4 is 0 Å². The number of benzene rings is 1. The highest BCUT2D eigenvalue weighted by atomic mass is 16.3. The van der Waals surface area contributed by atoms with E-state index < -0.39 is 0 Å². The minimum absolute atomic E-state index is 0.0357. The smallest absolute Gasteiger partial charge is 0.0730 e. The SMILES string of the molecule is OCC1C(O)CCN1Cc1ccccc1. The zero-order valence-electron chi connectivity index (χ0n) is 8.71. The fourth-order valence-corrected chi connectivity index (χ4v) is 2.15. The Morgan fingerprint density at radius 1 is 1.27 bits per heavy atom. The van der Waals surface area contributed by atoms with E-state index in [0.29, 0.717) is 0 Å². The molecule has 0 spiro atoms. The number of nitrogens with zero attached hydrogens (tertiary/aromatic N) is 1. The lowest BCUT2D eigenvalue weighted by Crippen LogP contribution is -2.37. The molecule has 0 aliphatic carbocycles. The minimum Gasteiger partial charge on any atom is -0.395 e. The van der Waals surface area contributed by atoms with E-state index in [1.807, 2.05) is 18.2 Å². The molecule has 1 aliphatic rings. The van der Waals surface area contributed by atoms with Crippen LogP contribution < -0.4 is 0 Å². The molecule has 2 rings (SSSR count). The third kappa shape index (κ3) is 2.37. The molecule has 1 heterocycles. The van der Waals surface area contributed by atoms with Gasteiger partial charge < -0.3 is 10.2 Å². The predicted octanol–water partition coefficient (Wildman–Crippen LogP) is 0.614. The van der Waals surface area contributed by atoms with Crippen molar-refractivity contribution < 1.29 is 10.2 Å². The maximum Gasteiger partial charge on any atom is 0.0730 e. The molecule has 1 aliphatic heterocycles. The Balaban J connectivity index is 2.00. The molecule has 2 unspecified atom stereocenters. The molecule has 15 heavy (non-hydrogen) atoms. The summed E-state index contributed by atoms with van der Waals surface area (Å²) in [4.78, 5) is 2.14. The highest BCUT2D eigenvalue weighted by molar-refractivity contribution is 5.15. The number of rotatable bonds is 3. The number of aliphatic hydroxyl groups is 2. The molecule has 0 saturated carbocycles. The van der Waals surface area contributed by atoms with Gasteiger partial charge in [-0.1, -0.05) is 30.3 Å². The van der Waals surface area contributed by atoms with Gasteiger partial charge in [-0.3, -0.25) is 4.90 Å². The molecule has 1 fully saturated rings. The van der Waals surface area contributed by atoms with Crippen LogP contribution >= 0.6 is 0 Å². The number of hydrogen-bond donors (Lipinski definition) is 2. The fourth-order valence-electron chi connectivity index (χ4n) is 2.15. The first-order chi connectivity index (χ1) is 7.31. The normalized spacial score (nSPS) is 27.1. The Morgan fingerprint density at radius 3 is 2.67 bits per heavy atom. The quantitative estimate of drug-likeness (QED) is 0.763. The van der Waals surface area contributed by atoms with Crippen LogP contribution in [0.2, 0.25) is 0 Å². The van der Waals surface area contributed by atoms with Crippen molar-refractivity contribution in [1.29, 1.82) is 0 Å². The summed E-state index contributed by atoms with van der Waals surface area (Å²) < 4.78 is 0. The lowest BCUT2D eigenvalue weighted by atomic mass is 10.1. The van der Waals surface area contributed by atoms with E-state index in [-0.39, 0.29) is 18.8 Å². The van der Waals surface area contributed by atoms with Crippen molar-refractivity contribution in [3.63, 3.8) is 0 Å². The van der Waals surface area contributed by atoms with Crippen molar-refractivity contribution in [1.82, 2.24) is 4.90 Å². The van der Waals surface area contributed by atoms with Crippen molar-refractivity contribution in [2.75, 3.05) is 13.2 Å². The summed E-state index contributed by atoms with van der Waals surface area (Å²) in [6.45, 7) is 1.71. The van der Waals surface area contributed by atoms with Crippen molar-refractivity contribution in [3.05, 3.63) is 35.9 Å². The Hall–Kier alpha value is -0.900. The van der Waals surface area contributed by atoms with Crippen LogP contribution in [0.3, 0.4) is 0 Å². The Bertz CT molecular complexity index is 302. The van der Waals surface area contributed by atoms with E-state index in [2.05, 4.69) is 17.0 Å². The predicted molar refractivity (Wildman–Crippen MR) is 58.3 cm³/mol. The standard InChI is InChI=1S/C12H17NO2/c14-9-11-12(15)6-7-13(11)8-10-4-2-1-3-5-10/h1-5,11-12,14-15H,6-9H2. The van der Waals surface area contributed by atoms with E-state index in [9.17, 15) is 10.2 Å². The van der Waals surface area contributed by atoms with E-state index >= 15 is 0 Å². The van der Waals surface area contributed by atoms with Crippen LogP contribution in [-0.4, -0.2) is 40.4 Å². The van der Waals surface area contributed by atoms with Crippen molar-refractivity contribution in [3.8, 4) is 0 Å². The van der Waals surface area contributed by atoms with Gasteiger partial charge in [0.05, 0.1) is 18.8 Å². The average molecular weight is 207 g/mol. The molecule has 1 aromatic carbocycles. The molecule has 0 bridgehead atoms. The summed E-state index contributed by atoms with van der Waals surface area (Å²) >= 11 is 0. The molecule has 0 amide bonds. The van der Waals surface area contributed by atoms with Gasteiger partial charge in [0, 0.05) is 13.1 Å². The summed E-state index contributed by atoms with van der Waals surface area (Å²) in [6.07, 6.45) is 0.386. The number of aliphatic hydroxyl groups excluding tert-OH is 2. The summed E-state index contributed by atoms with van der Waals surface area (Å²) in [7, 11) is 0. The molecule has 0 radical (unpaired) electrons. The molecule has 3 heteroatoms. The van der Waals surface area contributed by atoms with E-state index in [4.69, 9.17) is 0 Å². The van der Waals surface area contributed by atoms with Crippen LogP contribution in [0, 0.1) is 0 Å². The van der Waals surface area contributed by atoms with Gasteiger partial charge in [-0.05, 0) is 12.0 Å². The van der Waals surface area contributed by atoms with Crippen LogP contribution in [0.4, 0.5) is 0 Å². The summed E-state index contributed by atoms with van der Waals surface area (Å²) in [5, 5.41) is 18.8. The first-order valence-corrected chi connectivity index (χ1v) is 5.38. The number of likely N-dealkylation sites (tertiary alicyclic amines) is 1. The van der Waals surface area contributed by atoms with Gasteiger partial charge in [0.25, 0.3) is 0 Å². The lowest BCUT2D eigenvalue weighted by Gasteiger charge is -2.24.